The molecule has 1 heterocycles. The molecule has 1 atom stereocenters. The zero-order chi connectivity index (χ0) is 13.0. The minimum atomic E-state index is -0.0541. The Balaban J connectivity index is 2.53. The third kappa shape index (κ3) is 3.60. The maximum absolute atomic E-state index is 11.9. The number of aryl methyl sites for hydroxylation is 2. The van der Waals surface area contributed by atoms with Gasteiger partial charge in [0.15, 0.2) is 0 Å². The summed E-state index contributed by atoms with van der Waals surface area (Å²) < 4.78 is 5.43. The van der Waals surface area contributed by atoms with E-state index in [9.17, 15) is 4.79 Å². The van der Waals surface area contributed by atoms with Crippen molar-refractivity contribution in [3.05, 3.63) is 22.6 Å². The van der Waals surface area contributed by atoms with Gasteiger partial charge in [-0.05, 0) is 40.5 Å². The Kier molecular flexibility index (Phi) is 4.75. The van der Waals surface area contributed by atoms with E-state index in [0.29, 0.717) is 17.9 Å². The molecule has 1 unspecified atom stereocenters. The molecule has 4 heteroatoms. The molecule has 96 valence electrons. The van der Waals surface area contributed by atoms with E-state index >= 15 is 0 Å². The second kappa shape index (κ2) is 5.87. The Morgan fingerprint density at radius 1 is 1.35 bits per heavy atom. The minimum absolute atomic E-state index is 0.0541. The Labute approximate surface area is 103 Å². The second-order valence-electron chi connectivity index (χ2n) is 4.59. The van der Waals surface area contributed by atoms with Gasteiger partial charge >= 0.3 is 0 Å². The van der Waals surface area contributed by atoms with Gasteiger partial charge in [0.25, 0.3) is 5.91 Å². The first-order valence-electron chi connectivity index (χ1n) is 6.03. The van der Waals surface area contributed by atoms with E-state index in [1.165, 1.54) is 0 Å². The fraction of sp³-hybridized carbons (Fsp3) is 0.615. The van der Waals surface area contributed by atoms with E-state index in [-0.39, 0.29) is 11.9 Å². The summed E-state index contributed by atoms with van der Waals surface area (Å²) in [6.07, 6.45) is 1.82. The van der Waals surface area contributed by atoms with Crippen LogP contribution in [0.4, 0.5) is 0 Å². The van der Waals surface area contributed by atoms with E-state index in [4.69, 9.17) is 10.2 Å². The number of rotatable bonds is 5. The van der Waals surface area contributed by atoms with Crippen LogP contribution in [-0.4, -0.2) is 18.5 Å². The average molecular weight is 238 g/mol. The predicted octanol–water partition coefficient (Wildman–Crippen LogP) is 2.06. The van der Waals surface area contributed by atoms with Crippen LogP contribution >= 0.6 is 0 Å². The van der Waals surface area contributed by atoms with Gasteiger partial charge in [-0.1, -0.05) is 0 Å². The number of amides is 1. The predicted molar refractivity (Wildman–Crippen MR) is 68.1 cm³/mol. The number of nitrogens with one attached hydrogen (secondary N) is 1. The Hall–Kier alpha value is -1.29. The SMILES string of the molecule is Cc1oc(C)c(C(=O)NCCCC(C)N)c1C. The summed E-state index contributed by atoms with van der Waals surface area (Å²) in [6, 6.07) is 0.187. The summed E-state index contributed by atoms with van der Waals surface area (Å²) >= 11 is 0. The van der Waals surface area contributed by atoms with Crippen LogP contribution in [0.5, 0.6) is 0 Å². The third-order valence-corrected chi connectivity index (χ3v) is 2.91. The highest BCUT2D eigenvalue weighted by molar-refractivity contribution is 5.96. The Morgan fingerprint density at radius 3 is 2.47 bits per heavy atom. The van der Waals surface area contributed by atoms with E-state index in [1.807, 2.05) is 27.7 Å². The van der Waals surface area contributed by atoms with Crippen LogP contribution in [0.2, 0.25) is 0 Å². The highest BCUT2D eigenvalue weighted by Gasteiger charge is 2.17. The molecule has 3 N–H and O–H groups in total. The van der Waals surface area contributed by atoms with Crippen molar-refractivity contribution in [3.8, 4) is 0 Å². The maximum Gasteiger partial charge on any atom is 0.255 e. The van der Waals surface area contributed by atoms with Crippen LogP contribution < -0.4 is 11.1 Å². The number of carbonyl (C=O) groups is 1. The van der Waals surface area contributed by atoms with Crippen molar-refractivity contribution in [2.75, 3.05) is 6.54 Å². The Morgan fingerprint density at radius 2 is 2.00 bits per heavy atom. The van der Waals surface area contributed by atoms with E-state index < -0.39 is 0 Å². The van der Waals surface area contributed by atoms with Gasteiger partial charge in [-0.15, -0.1) is 0 Å². The number of carbonyl (C=O) groups excluding carboxylic acids is 1. The molecule has 0 aliphatic heterocycles. The lowest BCUT2D eigenvalue weighted by molar-refractivity contribution is 0.0950. The van der Waals surface area contributed by atoms with Gasteiger partial charge in [-0.2, -0.15) is 0 Å². The summed E-state index contributed by atoms with van der Waals surface area (Å²) in [7, 11) is 0. The molecule has 1 aromatic heterocycles. The quantitative estimate of drug-likeness (QED) is 0.771. The van der Waals surface area contributed by atoms with Crippen molar-refractivity contribution in [1.29, 1.82) is 0 Å². The molecule has 0 fully saturated rings. The summed E-state index contributed by atoms with van der Waals surface area (Å²) in [5, 5.41) is 2.89. The molecule has 0 aliphatic carbocycles. The van der Waals surface area contributed by atoms with Gasteiger partial charge in [-0.3, -0.25) is 4.79 Å². The molecule has 0 aliphatic rings. The van der Waals surface area contributed by atoms with E-state index in [1.54, 1.807) is 0 Å². The highest BCUT2D eigenvalue weighted by atomic mass is 16.3. The van der Waals surface area contributed by atoms with E-state index in [2.05, 4.69) is 5.32 Å². The first-order chi connectivity index (χ1) is 7.93. The third-order valence-electron chi connectivity index (χ3n) is 2.91. The molecule has 0 radical (unpaired) electrons. The zero-order valence-corrected chi connectivity index (χ0v) is 11.1. The average Bonchev–Trinajstić information content (AvgIpc) is 2.48. The standard InChI is InChI=1S/C13H22N2O2/c1-8(14)6-5-7-15-13(16)12-9(2)10(3)17-11(12)4/h8H,5-7,14H2,1-4H3,(H,15,16). The van der Waals surface area contributed by atoms with Crippen molar-refractivity contribution in [1.82, 2.24) is 5.32 Å². The molecule has 0 aromatic carbocycles. The van der Waals surface area contributed by atoms with Crippen molar-refractivity contribution >= 4 is 5.91 Å². The molecule has 0 spiro atoms. The largest absolute Gasteiger partial charge is 0.466 e. The summed E-state index contributed by atoms with van der Waals surface area (Å²) in [5.41, 5.74) is 7.24. The molecule has 4 nitrogen and oxygen atoms in total. The number of hydrogen-bond acceptors (Lipinski definition) is 3. The van der Waals surface area contributed by atoms with Crippen molar-refractivity contribution in [3.63, 3.8) is 0 Å². The fourth-order valence-corrected chi connectivity index (χ4v) is 1.84. The monoisotopic (exact) mass is 238 g/mol. The van der Waals surface area contributed by atoms with Crippen LogP contribution in [0.15, 0.2) is 4.42 Å². The zero-order valence-electron chi connectivity index (χ0n) is 11.1. The van der Waals surface area contributed by atoms with Crippen LogP contribution in [0.1, 0.15) is 47.2 Å². The first kappa shape index (κ1) is 13.8. The van der Waals surface area contributed by atoms with Crippen molar-refractivity contribution in [2.45, 2.75) is 46.6 Å². The molecule has 1 amide bonds. The van der Waals surface area contributed by atoms with Crippen LogP contribution in [0, 0.1) is 20.8 Å². The molecule has 17 heavy (non-hydrogen) atoms. The molecule has 0 bridgehead atoms. The van der Waals surface area contributed by atoms with Gasteiger partial charge in [0, 0.05) is 18.2 Å². The van der Waals surface area contributed by atoms with Crippen LogP contribution in [0.3, 0.4) is 0 Å². The molecule has 1 rings (SSSR count). The van der Waals surface area contributed by atoms with Crippen molar-refractivity contribution in [2.24, 2.45) is 5.73 Å². The second-order valence-corrected chi connectivity index (χ2v) is 4.59. The first-order valence-corrected chi connectivity index (χ1v) is 6.03. The van der Waals surface area contributed by atoms with Crippen LogP contribution in [-0.2, 0) is 0 Å². The van der Waals surface area contributed by atoms with Gasteiger partial charge in [-0.25, -0.2) is 0 Å². The molecule has 0 saturated carbocycles. The van der Waals surface area contributed by atoms with Gasteiger partial charge in [0.2, 0.25) is 0 Å². The fourth-order valence-electron chi connectivity index (χ4n) is 1.84. The van der Waals surface area contributed by atoms with Crippen molar-refractivity contribution < 1.29 is 9.21 Å². The summed E-state index contributed by atoms with van der Waals surface area (Å²) in [4.78, 5) is 11.9. The topological polar surface area (TPSA) is 68.3 Å². The summed E-state index contributed by atoms with van der Waals surface area (Å²) in [5.74, 6) is 1.44. The normalized spacial score (nSPS) is 12.5. The lowest BCUT2D eigenvalue weighted by atomic mass is 10.1. The number of furan rings is 1. The highest BCUT2D eigenvalue weighted by Crippen LogP contribution is 2.20. The lowest BCUT2D eigenvalue weighted by Crippen LogP contribution is -2.26. The van der Waals surface area contributed by atoms with Gasteiger partial charge < -0.3 is 15.5 Å². The van der Waals surface area contributed by atoms with Gasteiger partial charge in [0.05, 0.1) is 5.56 Å². The minimum Gasteiger partial charge on any atom is -0.466 e. The number of nitrogens with two attached hydrogens (primary N) is 1. The molecule has 0 saturated heterocycles. The lowest BCUT2D eigenvalue weighted by Gasteiger charge is -2.07. The van der Waals surface area contributed by atoms with E-state index in [0.717, 1.165) is 24.2 Å². The van der Waals surface area contributed by atoms with Gasteiger partial charge in [0.1, 0.15) is 11.5 Å². The molecule has 1 aromatic rings. The van der Waals surface area contributed by atoms with Crippen LogP contribution in [0.25, 0.3) is 0 Å². The smallest absolute Gasteiger partial charge is 0.255 e. The molecular weight excluding hydrogens is 216 g/mol. The Bertz CT molecular complexity index is 394. The number of hydrogen-bond donors (Lipinski definition) is 2. The maximum atomic E-state index is 11.9. The summed E-state index contributed by atoms with van der Waals surface area (Å²) in [6.45, 7) is 8.22. The molecular formula is C13H22N2O2.